The molecule has 4 heteroatoms. The van der Waals surface area contributed by atoms with Crippen LogP contribution in [0, 0.1) is 5.92 Å². The van der Waals surface area contributed by atoms with Crippen molar-refractivity contribution < 1.29 is 5.11 Å². The Morgan fingerprint density at radius 1 is 1.38 bits per heavy atom. The predicted molar refractivity (Wildman–Crippen MR) is 64.4 cm³/mol. The summed E-state index contributed by atoms with van der Waals surface area (Å²) >= 11 is 0. The third-order valence-corrected chi connectivity index (χ3v) is 3.28. The monoisotopic (exact) mass is 223 g/mol. The van der Waals surface area contributed by atoms with Crippen LogP contribution in [-0.4, -0.2) is 28.0 Å². The first-order valence-electron chi connectivity index (χ1n) is 6.25. The van der Waals surface area contributed by atoms with Gasteiger partial charge in [0.2, 0.25) is 0 Å². The van der Waals surface area contributed by atoms with Crippen molar-refractivity contribution >= 4 is 5.69 Å². The highest BCUT2D eigenvalue weighted by molar-refractivity contribution is 5.38. The minimum absolute atomic E-state index is 0.143. The van der Waals surface area contributed by atoms with E-state index in [9.17, 15) is 0 Å². The number of nitrogens with one attached hydrogen (secondary N) is 1. The number of hydrogen-bond donors (Lipinski definition) is 2. The lowest BCUT2D eigenvalue weighted by Crippen LogP contribution is -2.16. The summed E-state index contributed by atoms with van der Waals surface area (Å²) in [5.41, 5.74) is 1.07. The molecule has 0 aliphatic heterocycles. The number of nitrogens with zero attached hydrogens (tertiary/aromatic N) is 2. The van der Waals surface area contributed by atoms with Crippen molar-refractivity contribution in [3.8, 4) is 0 Å². The third kappa shape index (κ3) is 3.23. The number of aromatic nitrogens is 2. The molecule has 0 aromatic carbocycles. The van der Waals surface area contributed by atoms with Crippen molar-refractivity contribution in [2.75, 3.05) is 18.5 Å². The highest BCUT2D eigenvalue weighted by atomic mass is 16.3. The number of aliphatic hydroxyl groups is 1. The molecule has 2 rings (SSSR count). The maximum absolute atomic E-state index is 8.78. The lowest BCUT2D eigenvalue weighted by Gasteiger charge is -2.21. The molecule has 0 radical (unpaired) electrons. The van der Waals surface area contributed by atoms with Crippen LogP contribution in [0.5, 0.6) is 0 Å². The molecule has 1 saturated carbocycles. The Hall–Kier alpha value is -1.03. The van der Waals surface area contributed by atoms with Crippen LogP contribution >= 0.6 is 0 Å². The van der Waals surface area contributed by atoms with Crippen LogP contribution in [0.3, 0.4) is 0 Å². The molecule has 0 unspecified atom stereocenters. The summed E-state index contributed by atoms with van der Waals surface area (Å²) in [5.74, 6) is 0.829. The van der Waals surface area contributed by atoms with Crippen molar-refractivity contribution in [2.24, 2.45) is 5.92 Å². The highest BCUT2D eigenvalue weighted by Crippen LogP contribution is 2.23. The SMILES string of the molecule is OCCn1cc(NCC2CCCCC2)cn1. The van der Waals surface area contributed by atoms with Gasteiger partial charge < -0.3 is 10.4 Å². The molecule has 90 valence electrons. The molecule has 1 aliphatic carbocycles. The quantitative estimate of drug-likeness (QED) is 0.801. The Morgan fingerprint density at radius 3 is 2.94 bits per heavy atom. The Kier molecular flexibility index (Phi) is 4.22. The highest BCUT2D eigenvalue weighted by Gasteiger charge is 2.12. The van der Waals surface area contributed by atoms with E-state index >= 15 is 0 Å². The summed E-state index contributed by atoms with van der Waals surface area (Å²) < 4.78 is 1.77. The fourth-order valence-electron chi connectivity index (χ4n) is 2.33. The molecule has 2 N–H and O–H groups in total. The van der Waals surface area contributed by atoms with Crippen LogP contribution in [-0.2, 0) is 6.54 Å². The van der Waals surface area contributed by atoms with Gasteiger partial charge in [0, 0.05) is 12.7 Å². The van der Waals surface area contributed by atoms with Gasteiger partial charge in [-0.1, -0.05) is 19.3 Å². The molecule has 0 amide bonds. The first-order valence-corrected chi connectivity index (χ1v) is 6.25. The summed E-state index contributed by atoms with van der Waals surface area (Å²) in [5, 5.41) is 16.4. The van der Waals surface area contributed by atoms with E-state index < -0.39 is 0 Å². The Labute approximate surface area is 96.7 Å². The van der Waals surface area contributed by atoms with E-state index in [4.69, 9.17) is 5.11 Å². The Bertz CT molecular complexity index is 305. The Morgan fingerprint density at radius 2 is 2.19 bits per heavy atom. The van der Waals surface area contributed by atoms with Crippen LogP contribution in [0.15, 0.2) is 12.4 Å². The molecule has 4 nitrogen and oxygen atoms in total. The molecular weight excluding hydrogens is 202 g/mol. The van der Waals surface area contributed by atoms with Crippen molar-refractivity contribution in [3.63, 3.8) is 0 Å². The van der Waals surface area contributed by atoms with E-state index in [0.717, 1.165) is 18.2 Å². The third-order valence-electron chi connectivity index (χ3n) is 3.28. The maximum atomic E-state index is 8.78. The number of aliphatic hydroxyl groups excluding tert-OH is 1. The molecule has 1 fully saturated rings. The predicted octanol–water partition coefficient (Wildman–Crippen LogP) is 1.87. The van der Waals surface area contributed by atoms with E-state index in [-0.39, 0.29) is 6.61 Å². The van der Waals surface area contributed by atoms with Gasteiger partial charge in [0.05, 0.1) is 25.0 Å². The first kappa shape index (κ1) is 11.5. The largest absolute Gasteiger partial charge is 0.394 e. The van der Waals surface area contributed by atoms with Crippen LogP contribution in [0.2, 0.25) is 0 Å². The van der Waals surface area contributed by atoms with E-state index in [0.29, 0.717) is 6.54 Å². The van der Waals surface area contributed by atoms with Gasteiger partial charge >= 0.3 is 0 Å². The zero-order valence-electron chi connectivity index (χ0n) is 9.73. The standard InChI is InChI=1S/C12H21N3O/c16-7-6-15-10-12(9-14-15)13-8-11-4-2-1-3-5-11/h9-11,13,16H,1-8H2. The van der Waals surface area contributed by atoms with E-state index in [1.165, 1.54) is 32.1 Å². The van der Waals surface area contributed by atoms with Gasteiger partial charge in [-0.2, -0.15) is 5.10 Å². The number of hydrogen-bond acceptors (Lipinski definition) is 3. The second-order valence-corrected chi connectivity index (χ2v) is 4.60. The van der Waals surface area contributed by atoms with Gasteiger partial charge in [-0.05, 0) is 18.8 Å². The van der Waals surface area contributed by atoms with Crippen LogP contribution < -0.4 is 5.32 Å². The normalized spacial score (nSPS) is 17.6. The van der Waals surface area contributed by atoms with Crippen molar-refractivity contribution in [1.82, 2.24) is 9.78 Å². The fourth-order valence-corrected chi connectivity index (χ4v) is 2.33. The number of rotatable bonds is 5. The average molecular weight is 223 g/mol. The van der Waals surface area contributed by atoms with Crippen LogP contribution in [0.1, 0.15) is 32.1 Å². The zero-order valence-corrected chi connectivity index (χ0v) is 9.73. The molecule has 16 heavy (non-hydrogen) atoms. The van der Waals surface area contributed by atoms with E-state index in [1.807, 2.05) is 12.4 Å². The molecule has 0 bridgehead atoms. The zero-order chi connectivity index (χ0) is 11.2. The maximum Gasteiger partial charge on any atom is 0.0726 e. The summed E-state index contributed by atoms with van der Waals surface area (Å²) in [6.07, 6.45) is 10.7. The lowest BCUT2D eigenvalue weighted by atomic mass is 9.89. The van der Waals surface area contributed by atoms with Crippen molar-refractivity contribution in [3.05, 3.63) is 12.4 Å². The van der Waals surface area contributed by atoms with Crippen LogP contribution in [0.4, 0.5) is 5.69 Å². The van der Waals surface area contributed by atoms with Gasteiger partial charge in [-0.3, -0.25) is 4.68 Å². The average Bonchev–Trinajstić information content (AvgIpc) is 2.76. The van der Waals surface area contributed by atoms with E-state index in [2.05, 4.69) is 10.4 Å². The molecule has 0 saturated heterocycles. The minimum Gasteiger partial charge on any atom is -0.394 e. The minimum atomic E-state index is 0.143. The van der Waals surface area contributed by atoms with Crippen LogP contribution in [0.25, 0.3) is 0 Å². The molecule has 1 aromatic rings. The summed E-state index contributed by atoms with van der Waals surface area (Å²) in [6.45, 7) is 1.78. The second kappa shape index (κ2) is 5.89. The number of anilines is 1. The molecule has 0 spiro atoms. The van der Waals surface area contributed by atoms with E-state index in [1.54, 1.807) is 4.68 Å². The topological polar surface area (TPSA) is 50.1 Å². The van der Waals surface area contributed by atoms with Gasteiger partial charge in [0.1, 0.15) is 0 Å². The van der Waals surface area contributed by atoms with Gasteiger partial charge in [0.25, 0.3) is 0 Å². The second-order valence-electron chi connectivity index (χ2n) is 4.60. The molecule has 1 aliphatic rings. The summed E-state index contributed by atoms with van der Waals surface area (Å²) in [4.78, 5) is 0. The fraction of sp³-hybridized carbons (Fsp3) is 0.750. The van der Waals surface area contributed by atoms with Gasteiger partial charge in [-0.15, -0.1) is 0 Å². The smallest absolute Gasteiger partial charge is 0.0726 e. The van der Waals surface area contributed by atoms with Gasteiger partial charge in [-0.25, -0.2) is 0 Å². The molecule has 1 aromatic heterocycles. The van der Waals surface area contributed by atoms with Crippen molar-refractivity contribution in [1.29, 1.82) is 0 Å². The Balaban J connectivity index is 1.75. The summed E-state index contributed by atoms with van der Waals surface area (Å²) in [6, 6.07) is 0. The molecule has 0 atom stereocenters. The lowest BCUT2D eigenvalue weighted by molar-refractivity contribution is 0.269. The van der Waals surface area contributed by atoms with Crippen molar-refractivity contribution in [2.45, 2.75) is 38.6 Å². The molecular formula is C12H21N3O. The van der Waals surface area contributed by atoms with Gasteiger partial charge in [0.15, 0.2) is 0 Å². The summed E-state index contributed by atoms with van der Waals surface area (Å²) in [7, 11) is 0. The first-order chi connectivity index (χ1) is 7.88. The molecule has 1 heterocycles.